The number of methoxy groups -OCH3 is 1. The lowest BCUT2D eigenvalue weighted by Crippen LogP contribution is -2.31. The SMILES string of the molecule is CCc1nc(C(=O)NCC2CCC(C)CC2)c(F)n1-c1ccc(CCC(F)(F)F)cc1OC.O=S=O. The number of aromatic nitrogens is 2. The lowest BCUT2D eigenvalue weighted by Gasteiger charge is -2.26. The van der Waals surface area contributed by atoms with Gasteiger partial charge in [0, 0.05) is 19.4 Å². The van der Waals surface area contributed by atoms with Crippen molar-refractivity contribution in [2.75, 3.05) is 13.7 Å². The largest absolute Gasteiger partial charge is 0.495 e. The zero-order valence-corrected chi connectivity index (χ0v) is 21.3. The average molecular weight is 534 g/mol. The summed E-state index contributed by atoms with van der Waals surface area (Å²) in [5.41, 5.74) is 0.418. The molecule has 36 heavy (non-hydrogen) atoms. The third kappa shape index (κ3) is 8.14. The number of hydrogen-bond acceptors (Lipinski definition) is 5. The van der Waals surface area contributed by atoms with Crippen LogP contribution in [0.1, 0.15) is 67.8 Å². The lowest BCUT2D eigenvalue weighted by atomic mass is 9.83. The van der Waals surface area contributed by atoms with Gasteiger partial charge in [0.15, 0.2) is 5.69 Å². The van der Waals surface area contributed by atoms with E-state index in [0.29, 0.717) is 36.2 Å². The predicted octanol–water partition coefficient (Wildman–Crippen LogP) is 4.96. The molecule has 2 aromatic rings. The molecule has 3 rings (SSSR count). The molecule has 12 heteroatoms. The first kappa shape index (κ1) is 29.5. The van der Waals surface area contributed by atoms with Crippen molar-refractivity contribution >= 4 is 17.5 Å². The maximum absolute atomic E-state index is 15.4. The first-order valence-corrected chi connectivity index (χ1v) is 12.4. The first-order valence-electron chi connectivity index (χ1n) is 11.8. The summed E-state index contributed by atoms with van der Waals surface area (Å²) in [6.45, 7) is 4.49. The van der Waals surface area contributed by atoms with Crippen molar-refractivity contribution in [2.45, 2.75) is 65.0 Å². The van der Waals surface area contributed by atoms with Crippen LogP contribution in [0.3, 0.4) is 0 Å². The number of nitrogens with zero attached hydrogens (tertiary/aromatic N) is 2. The van der Waals surface area contributed by atoms with Crippen LogP contribution in [0.2, 0.25) is 0 Å². The van der Waals surface area contributed by atoms with Crippen LogP contribution in [-0.2, 0) is 24.4 Å². The van der Waals surface area contributed by atoms with E-state index < -0.39 is 36.0 Å². The standard InChI is InChI=1S/C24H31F4N3O2.O2S/c1-4-20-30-21(23(32)29-14-17-7-5-15(2)6-8-17)22(25)31(20)18-10-9-16(13-19(18)33-3)11-12-24(26,27)28;1-3-2/h9-10,13,15,17H,4-8,11-12,14H2,1-3H3,(H,29,32);. The Bertz CT molecular complexity index is 1060. The minimum Gasteiger partial charge on any atom is -0.495 e. The van der Waals surface area contributed by atoms with Crippen LogP contribution in [0, 0.1) is 17.8 Å². The molecule has 1 aromatic heterocycles. The number of imidazole rings is 1. The van der Waals surface area contributed by atoms with E-state index in [4.69, 9.17) is 13.2 Å². The molecular weight excluding hydrogens is 502 g/mol. The fourth-order valence-corrected chi connectivity index (χ4v) is 4.27. The molecule has 0 saturated heterocycles. The Morgan fingerprint density at radius 1 is 1.22 bits per heavy atom. The molecule has 0 bridgehead atoms. The minimum atomic E-state index is -4.27. The number of hydrogen-bond donors (Lipinski definition) is 1. The van der Waals surface area contributed by atoms with E-state index in [1.54, 1.807) is 6.92 Å². The molecule has 0 spiro atoms. The molecule has 1 saturated carbocycles. The van der Waals surface area contributed by atoms with Crippen molar-refractivity contribution in [1.82, 2.24) is 14.9 Å². The molecule has 0 aliphatic heterocycles. The Balaban J connectivity index is 0.00000145. The minimum absolute atomic E-state index is 0.208. The zero-order chi connectivity index (χ0) is 26.9. The molecule has 1 aliphatic carbocycles. The topological polar surface area (TPSA) is 90.3 Å². The number of halogens is 4. The second-order valence-electron chi connectivity index (χ2n) is 8.88. The van der Waals surface area contributed by atoms with Gasteiger partial charge in [-0.1, -0.05) is 32.8 Å². The third-order valence-corrected chi connectivity index (χ3v) is 6.29. The van der Waals surface area contributed by atoms with Gasteiger partial charge in [0.1, 0.15) is 11.6 Å². The molecule has 200 valence electrons. The molecule has 0 radical (unpaired) electrons. The molecule has 1 fully saturated rings. The Morgan fingerprint density at radius 2 is 1.86 bits per heavy atom. The van der Waals surface area contributed by atoms with Crippen molar-refractivity contribution in [3.05, 3.63) is 41.2 Å². The molecule has 0 unspecified atom stereocenters. The zero-order valence-electron chi connectivity index (χ0n) is 20.5. The van der Waals surface area contributed by atoms with Gasteiger partial charge in [-0.15, -0.1) is 0 Å². The van der Waals surface area contributed by atoms with Crippen LogP contribution in [0.15, 0.2) is 18.2 Å². The van der Waals surface area contributed by atoms with Gasteiger partial charge in [-0.05, 0) is 48.8 Å². The smallest absolute Gasteiger partial charge is 0.389 e. The van der Waals surface area contributed by atoms with Crippen molar-refractivity contribution in [3.8, 4) is 11.4 Å². The quantitative estimate of drug-likeness (QED) is 0.485. The molecule has 7 nitrogen and oxygen atoms in total. The van der Waals surface area contributed by atoms with E-state index in [2.05, 4.69) is 17.2 Å². The second kappa shape index (κ2) is 13.5. The van der Waals surface area contributed by atoms with Crippen LogP contribution in [0.25, 0.3) is 5.69 Å². The van der Waals surface area contributed by atoms with Gasteiger partial charge in [0.25, 0.3) is 5.91 Å². The number of nitrogens with one attached hydrogen (secondary N) is 1. The lowest BCUT2D eigenvalue weighted by molar-refractivity contribution is -0.134. The van der Waals surface area contributed by atoms with E-state index >= 15 is 4.39 Å². The Labute approximate surface area is 211 Å². The van der Waals surface area contributed by atoms with Crippen molar-refractivity contribution in [1.29, 1.82) is 0 Å². The Morgan fingerprint density at radius 3 is 2.42 bits per heavy atom. The van der Waals surface area contributed by atoms with Gasteiger partial charge in [0.05, 0.1) is 12.8 Å². The van der Waals surface area contributed by atoms with Crippen LogP contribution < -0.4 is 10.1 Å². The van der Waals surface area contributed by atoms with Crippen LogP contribution in [-0.4, -0.2) is 43.7 Å². The summed E-state index contributed by atoms with van der Waals surface area (Å²) in [7, 11) is 1.37. The summed E-state index contributed by atoms with van der Waals surface area (Å²) >= 11 is -0.750. The molecule has 0 atom stereocenters. The number of amides is 1. The fourth-order valence-electron chi connectivity index (χ4n) is 4.27. The summed E-state index contributed by atoms with van der Waals surface area (Å²) in [6.07, 6.45) is -0.753. The van der Waals surface area contributed by atoms with Crippen LogP contribution in [0.5, 0.6) is 5.75 Å². The summed E-state index contributed by atoms with van der Waals surface area (Å²) in [4.78, 5) is 16.9. The summed E-state index contributed by atoms with van der Waals surface area (Å²) < 4.78 is 76.2. The number of benzene rings is 1. The number of carbonyl (C=O) groups is 1. The highest BCUT2D eigenvalue weighted by atomic mass is 32.1. The molecule has 1 aromatic carbocycles. The van der Waals surface area contributed by atoms with Gasteiger partial charge >= 0.3 is 17.7 Å². The number of aryl methyl sites for hydroxylation is 2. The van der Waals surface area contributed by atoms with Gasteiger partial charge < -0.3 is 10.1 Å². The second-order valence-corrected chi connectivity index (χ2v) is 9.02. The van der Waals surface area contributed by atoms with Gasteiger partial charge in [-0.25, -0.2) is 4.98 Å². The van der Waals surface area contributed by atoms with E-state index in [9.17, 15) is 18.0 Å². The van der Waals surface area contributed by atoms with Crippen LogP contribution in [0.4, 0.5) is 17.6 Å². The van der Waals surface area contributed by atoms with Gasteiger partial charge in [-0.2, -0.15) is 26.0 Å². The number of rotatable bonds is 8. The molecular formula is C24H31F4N3O4S. The normalized spacial score (nSPS) is 17.6. The highest BCUT2D eigenvalue weighted by molar-refractivity contribution is 7.51. The molecule has 1 amide bonds. The third-order valence-electron chi connectivity index (χ3n) is 6.29. The van der Waals surface area contributed by atoms with Crippen molar-refractivity contribution < 1.29 is 35.5 Å². The highest BCUT2D eigenvalue weighted by Crippen LogP contribution is 2.31. The summed E-state index contributed by atoms with van der Waals surface area (Å²) in [5, 5.41) is 2.82. The molecule has 1 heterocycles. The number of ether oxygens (including phenoxy) is 1. The maximum atomic E-state index is 15.4. The number of carbonyl (C=O) groups excluding carboxylic acids is 1. The van der Waals surface area contributed by atoms with E-state index in [-0.39, 0.29) is 23.6 Å². The van der Waals surface area contributed by atoms with E-state index in [0.717, 1.165) is 25.7 Å². The van der Waals surface area contributed by atoms with Gasteiger partial charge in [-0.3, -0.25) is 9.36 Å². The van der Waals surface area contributed by atoms with Crippen molar-refractivity contribution in [2.24, 2.45) is 11.8 Å². The summed E-state index contributed by atoms with van der Waals surface area (Å²) in [6, 6.07) is 4.47. The highest BCUT2D eigenvalue weighted by Gasteiger charge is 2.28. The van der Waals surface area contributed by atoms with Gasteiger partial charge in [0.2, 0.25) is 5.95 Å². The Kier molecular flexibility index (Phi) is 11.1. The maximum Gasteiger partial charge on any atom is 0.389 e. The van der Waals surface area contributed by atoms with E-state index in [1.165, 1.54) is 29.9 Å². The van der Waals surface area contributed by atoms with Crippen molar-refractivity contribution in [3.63, 3.8) is 0 Å². The molecule has 1 N–H and O–H groups in total. The Hall–Kier alpha value is -2.76. The first-order chi connectivity index (χ1) is 17.0. The number of alkyl halides is 3. The average Bonchev–Trinajstić information content (AvgIpc) is 3.18. The molecule has 1 aliphatic rings. The monoisotopic (exact) mass is 533 g/mol. The summed E-state index contributed by atoms with van der Waals surface area (Å²) in [5.74, 6) is 0.232. The van der Waals surface area contributed by atoms with Crippen LogP contribution >= 0.6 is 0 Å². The predicted molar refractivity (Wildman–Crippen MR) is 126 cm³/mol. The fraction of sp³-hybridized carbons (Fsp3) is 0.583. The van der Waals surface area contributed by atoms with E-state index in [1.807, 2.05) is 0 Å².